The third-order valence-corrected chi connectivity index (χ3v) is 2.91. The zero-order valence-corrected chi connectivity index (χ0v) is 11.6. The van der Waals surface area contributed by atoms with Gasteiger partial charge in [-0.2, -0.15) is 0 Å². The maximum atomic E-state index is 10.6. The van der Waals surface area contributed by atoms with E-state index < -0.39 is 11.8 Å². The number of rotatable bonds is 5. The predicted molar refractivity (Wildman–Crippen MR) is 72.8 cm³/mol. The van der Waals surface area contributed by atoms with Gasteiger partial charge in [0.15, 0.2) is 5.72 Å². The first-order valence-electron chi connectivity index (χ1n) is 5.53. The largest absolute Gasteiger partial charge is 0.388 e. The third kappa shape index (κ3) is 3.29. The molecule has 1 aromatic rings. The molecule has 0 aliphatic heterocycles. The van der Waals surface area contributed by atoms with Crippen LogP contribution in [0.2, 0.25) is 0 Å². The average molecular weight is 274 g/mol. The Bertz CT molecular complexity index is 380. The minimum atomic E-state index is -1.25. The van der Waals surface area contributed by atoms with Crippen LogP contribution in [0, 0.1) is 5.92 Å². The van der Waals surface area contributed by atoms with Gasteiger partial charge in [-0.05, 0) is 5.92 Å². The predicted octanol–water partition coefficient (Wildman–Crippen LogP) is 1.70. The quantitative estimate of drug-likeness (QED) is 0.633. The maximum Gasteiger partial charge on any atom is 0.168 e. The molecular formula is C13H20ClNO3. The summed E-state index contributed by atoms with van der Waals surface area (Å²) in [6, 6.07) is 6.68. The summed E-state index contributed by atoms with van der Waals surface area (Å²) in [6.45, 7) is 3.73. The number of halogens is 1. The maximum absolute atomic E-state index is 10.6. The van der Waals surface area contributed by atoms with Gasteiger partial charge in [0.2, 0.25) is 0 Å². The van der Waals surface area contributed by atoms with Crippen LogP contribution in [0.15, 0.2) is 24.3 Å². The average Bonchev–Trinajstić information content (AvgIpc) is 2.36. The highest BCUT2D eigenvalue weighted by Crippen LogP contribution is 2.27. The van der Waals surface area contributed by atoms with E-state index in [0.29, 0.717) is 11.1 Å². The summed E-state index contributed by atoms with van der Waals surface area (Å²) >= 11 is 0. The van der Waals surface area contributed by atoms with Crippen LogP contribution < -0.4 is 5.73 Å². The van der Waals surface area contributed by atoms with Crippen LogP contribution in [0.1, 0.15) is 29.8 Å². The number of aliphatic hydroxyl groups excluding tert-OH is 1. The Morgan fingerprint density at radius 3 is 2.17 bits per heavy atom. The molecule has 0 heterocycles. The lowest BCUT2D eigenvalue weighted by Gasteiger charge is -2.35. The molecule has 4 nitrogen and oxygen atoms in total. The van der Waals surface area contributed by atoms with Crippen molar-refractivity contribution in [3.8, 4) is 0 Å². The zero-order valence-electron chi connectivity index (χ0n) is 10.8. The molecule has 18 heavy (non-hydrogen) atoms. The topological polar surface area (TPSA) is 72.5 Å². The van der Waals surface area contributed by atoms with Crippen molar-refractivity contribution in [1.82, 2.24) is 0 Å². The van der Waals surface area contributed by atoms with Crippen molar-refractivity contribution in [2.24, 2.45) is 11.7 Å². The van der Waals surface area contributed by atoms with Crippen LogP contribution in [0.3, 0.4) is 0 Å². The van der Waals surface area contributed by atoms with Crippen molar-refractivity contribution in [3.63, 3.8) is 0 Å². The zero-order chi connectivity index (χ0) is 13.1. The Hall–Kier alpha value is -0.940. The number of carbonyl (C=O) groups excluding carboxylic acids is 1. The number of carbonyl (C=O) groups is 1. The van der Waals surface area contributed by atoms with Crippen LogP contribution in [0.25, 0.3) is 0 Å². The number of benzene rings is 1. The van der Waals surface area contributed by atoms with E-state index in [0.717, 1.165) is 6.29 Å². The summed E-state index contributed by atoms with van der Waals surface area (Å²) in [5.74, 6) is -0.0364. The molecule has 0 fully saturated rings. The molecule has 0 aromatic heterocycles. The molecule has 0 amide bonds. The standard InChI is InChI=1S/C13H19NO3.ClH/c1-9(2)12(16)13(14,17-3)11-6-4-10(8-15)5-7-11;/h4-9,12,16H,14H2,1-3H3;1H/t12-,13-;/m1./s1. The number of nitrogens with two attached hydrogens (primary N) is 1. The summed E-state index contributed by atoms with van der Waals surface area (Å²) in [6.07, 6.45) is -0.0669. The van der Waals surface area contributed by atoms with Gasteiger partial charge in [-0.25, -0.2) is 0 Å². The Labute approximate surface area is 114 Å². The Kier molecular flexibility index (Phi) is 6.49. The lowest BCUT2D eigenvalue weighted by atomic mass is 9.90. The fourth-order valence-corrected chi connectivity index (χ4v) is 1.73. The first-order chi connectivity index (χ1) is 7.95. The van der Waals surface area contributed by atoms with Gasteiger partial charge in [-0.1, -0.05) is 38.1 Å². The van der Waals surface area contributed by atoms with Gasteiger partial charge >= 0.3 is 0 Å². The molecule has 0 radical (unpaired) electrons. The summed E-state index contributed by atoms with van der Waals surface area (Å²) in [4.78, 5) is 10.6. The van der Waals surface area contributed by atoms with Gasteiger partial charge in [0.25, 0.3) is 0 Å². The molecule has 0 spiro atoms. The minimum absolute atomic E-state index is 0. The summed E-state index contributed by atoms with van der Waals surface area (Å²) in [5, 5.41) is 10.1. The molecule has 102 valence electrons. The number of aliphatic hydroxyl groups is 1. The lowest BCUT2D eigenvalue weighted by molar-refractivity contribution is -0.122. The molecule has 0 saturated heterocycles. The van der Waals surface area contributed by atoms with Crippen molar-refractivity contribution in [1.29, 1.82) is 0 Å². The Morgan fingerprint density at radius 2 is 1.83 bits per heavy atom. The van der Waals surface area contributed by atoms with E-state index >= 15 is 0 Å². The van der Waals surface area contributed by atoms with Crippen LogP contribution in [-0.4, -0.2) is 24.6 Å². The molecule has 0 saturated carbocycles. The van der Waals surface area contributed by atoms with E-state index in [-0.39, 0.29) is 18.3 Å². The molecule has 0 aliphatic carbocycles. The van der Waals surface area contributed by atoms with Gasteiger partial charge in [-0.15, -0.1) is 12.4 Å². The SMILES string of the molecule is CO[C@](N)(c1ccc(C=O)cc1)[C@H](O)C(C)C.Cl. The van der Waals surface area contributed by atoms with Crippen LogP contribution in [0.5, 0.6) is 0 Å². The van der Waals surface area contributed by atoms with E-state index in [2.05, 4.69) is 0 Å². The van der Waals surface area contributed by atoms with Crippen molar-refractivity contribution in [3.05, 3.63) is 35.4 Å². The number of methoxy groups -OCH3 is 1. The Morgan fingerprint density at radius 1 is 1.33 bits per heavy atom. The molecule has 1 rings (SSSR count). The van der Waals surface area contributed by atoms with E-state index in [9.17, 15) is 9.90 Å². The number of ether oxygens (including phenoxy) is 1. The number of hydrogen-bond acceptors (Lipinski definition) is 4. The van der Waals surface area contributed by atoms with E-state index in [4.69, 9.17) is 10.5 Å². The molecule has 3 N–H and O–H groups in total. The minimum Gasteiger partial charge on any atom is -0.388 e. The van der Waals surface area contributed by atoms with Crippen molar-refractivity contribution >= 4 is 18.7 Å². The van der Waals surface area contributed by atoms with Gasteiger partial charge in [0.1, 0.15) is 12.4 Å². The van der Waals surface area contributed by atoms with Crippen LogP contribution in [0.4, 0.5) is 0 Å². The van der Waals surface area contributed by atoms with Gasteiger partial charge in [-0.3, -0.25) is 10.5 Å². The van der Waals surface area contributed by atoms with Crippen molar-refractivity contribution < 1.29 is 14.6 Å². The van der Waals surface area contributed by atoms with Crippen molar-refractivity contribution in [2.75, 3.05) is 7.11 Å². The summed E-state index contributed by atoms with van der Waals surface area (Å²) in [7, 11) is 1.46. The fourth-order valence-electron chi connectivity index (χ4n) is 1.73. The monoisotopic (exact) mass is 273 g/mol. The Balaban J connectivity index is 0.00000289. The smallest absolute Gasteiger partial charge is 0.168 e. The first-order valence-corrected chi connectivity index (χ1v) is 5.53. The van der Waals surface area contributed by atoms with Gasteiger partial charge in [0.05, 0.1) is 0 Å². The molecule has 2 atom stereocenters. The van der Waals surface area contributed by atoms with Crippen LogP contribution >= 0.6 is 12.4 Å². The normalized spacial score (nSPS) is 15.7. The highest BCUT2D eigenvalue weighted by molar-refractivity contribution is 5.85. The molecular weight excluding hydrogens is 254 g/mol. The molecule has 0 aliphatic rings. The number of aldehydes is 1. The highest BCUT2D eigenvalue weighted by atomic mass is 35.5. The summed E-state index contributed by atoms with van der Waals surface area (Å²) in [5.41, 5.74) is 6.05. The molecule has 0 bridgehead atoms. The van der Waals surface area contributed by atoms with Crippen molar-refractivity contribution in [2.45, 2.75) is 25.7 Å². The van der Waals surface area contributed by atoms with Gasteiger partial charge in [0, 0.05) is 18.2 Å². The third-order valence-electron chi connectivity index (χ3n) is 2.91. The van der Waals surface area contributed by atoms with E-state index in [1.165, 1.54) is 7.11 Å². The second kappa shape index (κ2) is 6.85. The van der Waals surface area contributed by atoms with E-state index in [1.54, 1.807) is 24.3 Å². The summed E-state index contributed by atoms with van der Waals surface area (Å²) < 4.78 is 5.26. The first kappa shape index (κ1) is 17.1. The number of hydrogen-bond donors (Lipinski definition) is 2. The molecule has 0 unspecified atom stereocenters. The van der Waals surface area contributed by atoms with Gasteiger partial charge < -0.3 is 9.84 Å². The molecule has 5 heteroatoms. The van der Waals surface area contributed by atoms with E-state index in [1.807, 2.05) is 13.8 Å². The highest BCUT2D eigenvalue weighted by Gasteiger charge is 2.37. The lowest BCUT2D eigenvalue weighted by Crippen LogP contribution is -2.51. The second-order valence-corrected chi connectivity index (χ2v) is 4.43. The molecule has 1 aromatic carbocycles. The fraction of sp³-hybridized carbons (Fsp3) is 0.462. The van der Waals surface area contributed by atoms with Crippen LogP contribution in [-0.2, 0) is 10.5 Å². The second-order valence-electron chi connectivity index (χ2n) is 4.43.